The van der Waals surface area contributed by atoms with E-state index < -0.39 is 34.1 Å². The monoisotopic (exact) mass is 617 g/mol. The number of carbonyl (C=O) groups is 2. The summed E-state index contributed by atoms with van der Waals surface area (Å²) in [5, 5.41) is 3.20. The Morgan fingerprint density at radius 1 is 0.767 bits per heavy atom. The average Bonchev–Trinajstić information content (AvgIpc) is 2.98. The predicted octanol–water partition coefficient (Wildman–Crippen LogP) is 6.09. The first-order valence-corrected chi connectivity index (χ1v) is 15.8. The van der Waals surface area contributed by atoms with Gasteiger partial charge in [0.15, 0.2) is 0 Å². The van der Waals surface area contributed by atoms with Gasteiger partial charge in [-0.25, -0.2) is 8.42 Å². The minimum atomic E-state index is -4.21. The summed E-state index contributed by atoms with van der Waals surface area (Å²) < 4.78 is 29.0. The van der Waals surface area contributed by atoms with Crippen molar-refractivity contribution in [2.45, 2.75) is 50.2 Å². The molecule has 0 spiro atoms. The van der Waals surface area contributed by atoms with Gasteiger partial charge < -0.3 is 10.2 Å². The van der Waals surface area contributed by atoms with E-state index in [-0.39, 0.29) is 34.5 Å². The number of anilines is 1. The van der Waals surface area contributed by atoms with Crippen molar-refractivity contribution in [3.63, 3.8) is 0 Å². The molecule has 2 amide bonds. The van der Waals surface area contributed by atoms with E-state index in [0.29, 0.717) is 0 Å². The van der Waals surface area contributed by atoms with Crippen LogP contribution in [-0.4, -0.2) is 43.3 Å². The number of halogens is 1. The lowest BCUT2D eigenvalue weighted by atomic mass is 10.0. The van der Waals surface area contributed by atoms with Crippen LogP contribution >= 0.6 is 11.6 Å². The number of hydrogen-bond donors (Lipinski definition) is 1. The molecule has 0 aliphatic rings. The molecule has 0 heterocycles. The molecule has 4 aromatic carbocycles. The Hall–Kier alpha value is -4.14. The summed E-state index contributed by atoms with van der Waals surface area (Å²) in [5.41, 5.74) is 1.27. The van der Waals surface area contributed by atoms with Gasteiger partial charge >= 0.3 is 0 Å². The van der Waals surface area contributed by atoms with Crippen molar-refractivity contribution in [3.8, 4) is 0 Å². The first-order valence-electron chi connectivity index (χ1n) is 14.0. The molecule has 0 saturated heterocycles. The lowest BCUT2D eigenvalue weighted by Crippen LogP contribution is -2.56. The Kier molecular flexibility index (Phi) is 10.3. The van der Waals surface area contributed by atoms with Gasteiger partial charge in [0.25, 0.3) is 10.0 Å². The van der Waals surface area contributed by atoms with Gasteiger partial charge in [0.2, 0.25) is 11.8 Å². The minimum Gasteiger partial charge on any atom is -0.350 e. The van der Waals surface area contributed by atoms with Gasteiger partial charge in [-0.05, 0) is 56.2 Å². The molecule has 1 atom stereocenters. The van der Waals surface area contributed by atoms with E-state index in [1.54, 1.807) is 42.5 Å². The Morgan fingerprint density at radius 3 is 1.84 bits per heavy atom. The van der Waals surface area contributed by atoms with Crippen LogP contribution in [0.5, 0.6) is 0 Å². The van der Waals surface area contributed by atoms with E-state index >= 15 is 0 Å². The van der Waals surface area contributed by atoms with Gasteiger partial charge in [-0.15, -0.1) is 0 Å². The smallest absolute Gasteiger partial charge is 0.264 e. The summed E-state index contributed by atoms with van der Waals surface area (Å²) >= 11 is 6.50. The van der Waals surface area contributed by atoms with E-state index in [0.717, 1.165) is 15.4 Å². The molecule has 4 rings (SSSR count). The maximum atomic E-state index is 14.4. The number of benzene rings is 4. The SMILES string of the molecule is CC(C)(C)NC(=O)C(Cc1ccccc1)N(Cc1ccccc1)C(=O)CN(c1ccccc1Cl)S(=O)(=O)c1ccccc1. The van der Waals surface area contributed by atoms with Crippen LogP contribution in [0, 0.1) is 0 Å². The van der Waals surface area contributed by atoms with Crippen LogP contribution in [0.3, 0.4) is 0 Å². The van der Waals surface area contributed by atoms with E-state index in [1.165, 1.54) is 17.0 Å². The van der Waals surface area contributed by atoms with Crippen molar-refractivity contribution in [2.75, 3.05) is 10.8 Å². The Bertz CT molecular complexity index is 1630. The van der Waals surface area contributed by atoms with E-state index in [1.807, 2.05) is 81.4 Å². The van der Waals surface area contributed by atoms with Gasteiger partial charge in [-0.3, -0.25) is 13.9 Å². The maximum Gasteiger partial charge on any atom is 0.264 e. The van der Waals surface area contributed by atoms with Crippen LogP contribution in [0.1, 0.15) is 31.9 Å². The highest BCUT2D eigenvalue weighted by Gasteiger charge is 2.36. The first-order chi connectivity index (χ1) is 20.5. The normalized spacial score (nSPS) is 12.3. The second-order valence-corrected chi connectivity index (χ2v) is 13.5. The fourth-order valence-corrected chi connectivity index (χ4v) is 6.42. The third kappa shape index (κ3) is 8.46. The fourth-order valence-electron chi connectivity index (χ4n) is 4.67. The number of sulfonamides is 1. The third-order valence-electron chi connectivity index (χ3n) is 6.70. The van der Waals surface area contributed by atoms with E-state index in [2.05, 4.69) is 5.32 Å². The van der Waals surface area contributed by atoms with Gasteiger partial charge in [0.05, 0.1) is 15.6 Å². The fraction of sp³-hybridized carbons (Fsp3) is 0.235. The van der Waals surface area contributed by atoms with Gasteiger partial charge in [0, 0.05) is 18.5 Å². The number of nitrogens with zero attached hydrogens (tertiary/aromatic N) is 2. The molecule has 4 aromatic rings. The first kappa shape index (κ1) is 31.8. The number of nitrogens with one attached hydrogen (secondary N) is 1. The zero-order valence-electron chi connectivity index (χ0n) is 24.5. The molecule has 7 nitrogen and oxygen atoms in total. The molecule has 9 heteroatoms. The van der Waals surface area contributed by atoms with Crippen molar-refractivity contribution < 1.29 is 18.0 Å². The predicted molar refractivity (Wildman–Crippen MR) is 171 cm³/mol. The number of carbonyl (C=O) groups excluding carboxylic acids is 2. The molecule has 0 fully saturated rings. The minimum absolute atomic E-state index is 0.0173. The van der Waals surface area contributed by atoms with Crippen LogP contribution < -0.4 is 9.62 Å². The summed E-state index contributed by atoms with van der Waals surface area (Å²) in [6.07, 6.45) is 0.235. The number of rotatable bonds is 11. The zero-order valence-corrected chi connectivity index (χ0v) is 26.1. The summed E-state index contributed by atoms with van der Waals surface area (Å²) in [4.78, 5) is 29.8. The summed E-state index contributed by atoms with van der Waals surface area (Å²) in [7, 11) is -4.21. The summed E-state index contributed by atoms with van der Waals surface area (Å²) in [5.74, 6) is -0.885. The number of hydrogen-bond acceptors (Lipinski definition) is 4. The van der Waals surface area contributed by atoms with Crippen LogP contribution in [0.2, 0.25) is 5.02 Å². The lowest BCUT2D eigenvalue weighted by molar-refractivity contribution is -0.140. The molecule has 0 bridgehead atoms. The standard InChI is InChI=1S/C34H36ClN3O4S/c1-34(2,3)36-33(40)31(23-26-15-7-4-8-16-26)37(24-27-17-9-5-10-18-27)32(39)25-38(30-22-14-13-21-29(30)35)43(41,42)28-19-11-6-12-20-28/h4-22,31H,23-25H2,1-3H3,(H,36,40). The largest absolute Gasteiger partial charge is 0.350 e. The Morgan fingerprint density at radius 2 is 1.28 bits per heavy atom. The van der Waals surface area contributed by atoms with Crippen molar-refractivity contribution in [3.05, 3.63) is 131 Å². The summed E-state index contributed by atoms with van der Waals surface area (Å²) in [6.45, 7) is 5.15. The van der Waals surface area contributed by atoms with Crippen LogP contribution in [0.15, 0.2) is 120 Å². The average molecular weight is 618 g/mol. The lowest BCUT2D eigenvalue weighted by Gasteiger charge is -2.35. The molecule has 0 aliphatic heterocycles. The Balaban J connectivity index is 1.81. The van der Waals surface area contributed by atoms with Crippen molar-refractivity contribution in [1.29, 1.82) is 0 Å². The zero-order chi connectivity index (χ0) is 31.0. The number of amides is 2. The summed E-state index contributed by atoms with van der Waals surface area (Å²) in [6, 6.07) is 32.2. The van der Waals surface area contributed by atoms with Crippen molar-refractivity contribution in [2.24, 2.45) is 0 Å². The molecule has 0 aliphatic carbocycles. The molecule has 0 aromatic heterocycles. The molecular formula is C34H36ClN3O4S. The second-order valence-electron chi connectivity index (χ2n) is 11.2. The topological polar surface area (TPSA) is 86.8 Å². The highest BCUT2D eigenvalue weighted by atomic mass is 35.5. The maximum absolute atomic E-state index is 14.4. The number of para-hydroxylation sites is 1. The molecule has 224 valence electrons. The quantitative estimate of drug-likeness (QED) is 0.221. The van der Waals surface area contributed by atoms with Gasteiger partial charge in [0.1, 0.15) is 12.6 Å². The Labute approximate surface area is 259 Å². The van der Waals surface area contributed by atoms with Crippen molar-refractivity contribution >= 4 is 39.1 Å². The van der Waals surface area contributed by atoms with Crippen molar-refractivity contribution in [1.82, 2.24) is 10.2 Å². The molecule has 1 unspecified atom stereocenters. The molecule has 43 heavy (non-hydrogen) atoms. The highest BCUT2D eigenvalue weighted by molar-refractivity contribution is 7.92. The van der Waals surface area contributed by atoms with Gasteiger partial charge in [-0.1, -0.05) is 103 Å². The second kappa shape index (κ2) is 13.9. The van der Waals surface area contributed by atoms with E-state index in [9.17, 15) is 18.0 Å². The van der Waals surface area contributed by atoms with Crippen LogP contribution in [-0.2, 0) is 32.6 Å². The van der Waals surface area contributed by atoms with Crippen LogP contribution in [0.25, 0.3) is 0 Å². The van der Waals surface area contributed by atoms with Gasteiger partial charge in [-0.2, -0.15) is 0 Å². The molecule has 0 saturated carbocycles. The molecule has 0 radical (unpaired) electrons. The van der Waals surface area contributed by atoms with E-state index in [4.69, 9.17) is 11.6 Å². The molecule has 1 N–H and O–H groups in total. The third-order valence-corrected chi connectivity index (χ3v) is 8.79. The van der Waals surface area contributed by atoms with Crippen LogP contribution in [0.4, 0.5) is 5.69 Å². The highest BCUT2D eigenvalue weighted by Crippen LogP contribution is 2.31. The molecular weight excluding hydrogens is 582 g/mol.